The SMILES string of the molecule is CON(C(=O)CC(C)(C)C)C(Cc1cccc(N=CNN)c1-c1ccccc1)C(=O)O. The summed E-state index contributed by atoms with van der Waals surface area (Å²) >= 11 is 0. The molecule has 2 aromatic carbocycles. The van der Waals surface area contributed by atoms with Gasteiger partial charge in [-0.15, -0.1) is 0 Å². The van der Waals surface area contributed by atoms with Crippen molar-refractivity contribution in [3.05, 3.63) is 54.1 Å². The maximum atomic E-state index is 12.8. The monoisotopic (exact) mass is 426 g/mol. The summed E-state index contributed by atoms with van der Waals surface area (Å²) in [7, 11) is 1.31. The number of carboxylic acid groups (broad SMARTS) is 1. The van der Waals surface area contributed by atoms with E-state index in [9.17, 15) is 14.7 Å². The van der Waals surface area contributed by atoms with E-state index in [0.29, 0.717) is 5.69 Å². The van der Waals surface area contributed by atoms with Gasteiger partial charge in [-0.25, -0.2) is 20.7 Å². The fourth-order valence-corrected chi connectivity index (χ4v) is 3.32. The highest BCUT2D eigenvalue weighted by Crippen LogP contribution is 2.35. The number of hydrogen-bond acceptors (Lipinski definition) is 5. The molecular formula is C23H30N4O4. The fraction of sp³-hybridized carbons (Fsp3) is 0.348. The molecule has 1 unspecified atom stereocenters. The Bertz CT molecular complexity index is 923. The highest BCUT2D eigenvalue weighted by Gasteiger charge is 2.33. The Kier molecular flexibility index (Phi) is 8.30. The van der Waals surface area contributed by atoms with Crippen molar-refractivity contribution >= 4 is 23.9 Å². The first-order valence-electron chi connectivity index (χ1n) is 9.93. The Morgan fingerprint density at radius 1 is 1.19 bits per heavy atom. The number of carbonyl (C=O) groups is 2. The number of rotatable bonds is 9. The molecule has 0 aliphatic heterocycles. The van der Waals surface area contributed by atoms with Crippen molar-refractivity contribution in [3.63, 3.8) is 0 Å². The lowest BCUT2D eigenvalue weighted by atomic mass is 9.91. The normalized spacial score (nSPS) is 12.5. The number of carboxylic acids is 1. The van der Waals surface area contributed by atoms with Gasteiger partial charge >= 0.3 is 5.97 Å². The van der Waals surface area contributed by atoms with Crippen molar-refractivity contribution in [3.8, 4) is 11.1 Å². The molecule has 31 heavy (non-hydrogen) atoms. The second-order valence-electron chi connectivity index (χ2n) is 8.30. The van der Waals surface area contributed by atoms with E-state index < -0.39 is 12.0 Å². The van der Waals surface area contributed by atoms with Gasteiger partial charge in [0.05, 0.1) is 12.8 Å². The first-order chi connectivity index (χ1) is 14.7. The van der Waals surface area contributed by atoms with Crippen LogP contribution in [0.4, 0.5) is 5.69 Å². The molecule has 8 heteroatoms. The molecule has 0 heterocycles. The maximum Gasteiger partial charge on any atom is 0.329 e. The number of carbonyl (C=O) groups excluding carboxylic acids is 1. The minimum Gasteiger partial charge on any atom is -0.480 e. The lowest BCUT2D eigenvalue weighted by Gasteiger charge is -2.29. The zero-order chi connectivity index (χ0) is 23.0. The Balaban J connectivity index is 2.51. The summed E-state index contributed by atoms with van der Waals surface area (Å²) in [6, 6.07) is 13.8. The molecule has 0 fully saturated rings. The average Bonchev–Trinajstić information content (AvgIpc) is 2.71. The number of hydroxylamine groups is 2. The number of nitrogens with zero attached hydrogens (tertiary/aromatic N) is 2. The van der Waals surface area contributed by atoms with E-state index in [-0.39, 0.29) is 24.2 Å². The quantitative estimate of drug-likeness (QED) is 0.245. The van der Waals surface area contributed by atoms with Crippen LogP contribution in [0.3, 0.4) is 0 Å². The van der Waals surface area contributed by atoms with E-state index in [4.69, 9.17) is 10.7 Å². The van der Waals surface area contributed by atoms with Crippen LogP contribution in [-0.2, 0) is 20.8 Å². The summed E-state index contributed by atoms with van der Waals surface area (Å²) in [6.45, 7) is 5.74. The van der Waals surface area contributed by atoms with Gasteiger partial charge in [-0.1, -0.05) is 63.2 Å². The lowest BCUT2D eigenvalue weighted by Crippen LogP contribution is -2.46. The number of benzene rings is 2. The molecule has 0 spiro atoms. The van der Waals surface area contributed by atoms with Gasteiger partial charge < -0.3 is 10.5 Å². The third-order valence-corrected chi connectivity index (χ3v) is 4.57. The molecule has 0 saturated carbocycles. The molecule has 0 saturated heterocycles. The average molecular weight is 427 g/mol. The number of nitrogens with two attached hydrogens (primary N) is 1. The highest BCUT2D eigenvalue weighted by molar-refractivity contribution is 5.85. The third kappa shape index (κ3) is 6.63. The molecule has 1 atom stereocenters. The Morgan fingerprint density at radius 3 is 2.42 bits per heavy atom. The van der Waals surface area contributed by atoms with Gasteiger partial charge in [0.25, 0.3) is 0 Å². The van der Waals surface area contributed by atoms with E-state index in [2.05, 4.69) is 10.4 Å². The van der Waals surface area contributed by atoms with Crippen molar-refractivity contribution < 1.29 is 19.5 Å². The number of aliphatic imine (C=N–C) groups is 1. The van der Waals surface area contributed by atoms with E-state index in [1.54, 1.807) is 6.07 Å². The zero-order valence-corrected chi connectivity index (χ0v) is 18.3. The molecule has 2 rings (SSSR count). The minimum absolute atomic E-state index is 0.0443. The Morgan fingerprint density at radius 2 is 1.87 bits per heavy atom. The van der Waals surface area contributed by atoms with Gasteiger partial charge in [0.1, 0.15) is 6.34 Å². The molecule has 1 amide bonds. The molecule has 0 radical (unpaired) electrons. The van der Waals surface area contributed by atoms with Gasteiger partial charge in [-0.2, -0.15) is 0 Å². The summed E-state index contributed by atoms with van der Waals surface area (Å²) in [5, 5.41) is 10.9. The van der Waals surface area contributed by atoms with Crippen LogP contribution in [0.15, 0.2) is 53.5 Å². The zero-order valence-electron chi connectivity index (χ0n) is 18.3. The smallest absolute Gasteiger partial charge is 0.329 e. The van der Waals surface area contributed by atoms with Crippen LogP contribution in [0, 0.1) is 5.41 Å². The van der Waals surface area contributed by atoms with Crippen LogP contribution >= 0.6 is 0 Å². The summed E-state index contributed by atoms with van der Waals surface area (Å²) in [4.78, 5) is 34.5. The molecule has 2 aromatic rings. The Hall–Kier alpha value is -3.23. The molecule has 0 bridgehead atoms. The molecule has 4 N–H and O–H groups in total. The fourth-order valence-electron chi connectivity index (χ4n) is 3.32. The summed E-state index contributed by atoms with van der Waals surface area (Å²) in [5.41, 5.74) is 5.04. The van der Waals surface area contributed by atoms with Gasteiger partial charge in [-0.05, 0) is 22.6 Å². The number of nitrogens with one attached hydrogen (secondary N) is 1. The highest BCUT2D eigenvalue weighted by atomic mass is 16.7. The van der Waals surface area contributed by atoms with Crippen molar-refractivity contribution in [1.82, 2.24) is 10.5 Å². The molecule has 0 aliphatic carbocycles. The molecule has 8 nitrogen and oxygen atoms in total. The summed E-state index contributed by atoms with van der Waals surface area (Å²) in [6.07, 6.45) is 1.56. The summed E-state index contributed by atoms with van der Waals surface area (Å²) < 4.78 is 0. The van der Waals surface area contributed by atoms with Crippen molar-refractivity contribution in [2.24, 2.45) is 16.3 Å². The predicted molar refractivity (Wildman–Crippen MR) is 120 cm³/mol. The van der Waals surface area contributed by atoms with Crippen LogP contribution in [0.1, 0.15) is 32.8 Å². The van der Waals surface area contributed by atoms with Crippen molar-refractivity contribution in [2.45, 2.75) is 39.7 Å². The predicted octanol–water partition coefficient (Wildman–Crippen LogP) is 3.30. The summed E-state index contributed by atoms with van der Waals surface area (Å²) in [5.74, 6) is 3.79. The topological polar surface area (TPSA) is 117 Å². The first-order valence-corrected chi connectivity index (χ1v) is 9.93. The van der Waals surface area contributed by atoms with Crippen LogP contribution in [0.5, 0.6) is 0 Å². The van der Waals surface area contributed by atoms with E-state index in [0.717, 1.165) is 21.8 Å². The number of amides is 1. The van der Waals surface area contributed by atoms with Crippen LogP contribution in [0.25, 0.3) is 11.1 Å². The third-order valence-electron chi connectivity index (χ3n) is 4.57. The largest absolute Gasteiger partial charge is 0.480 e. The second kappa shape index (κ2) is 10.7. The van der Waals surface area contributed by atoms with Gasteiger partial charge in [0.15, 0.2) is 6.04 Å². The minimum atomic E-state index is -1.20. The second-order valence-corrected chi connectivity index (χ2v) is 8.30. The number of hydrogen-bond donors (Lipinski definition) is 3. The maximum absolute atomic E-state index is 12.8. The molecule has 166 valence electrons. The van der Waals surface area contributed by atoms with Crippen LogP contribution < -0.4 is 11.3 Å². The molecule has 0 aliphatic rings. The lowest BCUT2D eigenvalue weighted by molar-refractivity contribution is -0.198. The van der Waals surface area contributed by atoms with Crippen LogP contribution in [0.2, 0.25) is 0 Å². The van der Waals surface area contributed by atoms with Crippen molar-refractivity contribution in [1.29, 1.82) is 0 Å². The molecule has 0 aromatic heterocycles. The van der Waals surface area contributed by atoms with Gasteiger partial charge in [0.2, 0.25) is 5.91 Å². The van der Waals surface area contributed by atoms with E-state index in [1.807, 2.05) is 63.2 Å². The van der Waals surface area contributed by atoms with Crippen LogP contribution in [-0.4, -0.2) is 41.5 Å². The number of hydrazine groups is 1. The van der Waals surface area contributed by atoms with E-state index in [1.165, 1.54) is 13.4 Å². The van der Waals surface area contributed by atoms with E-state index >= 15 is 0 Å². The number of aliphatic carboxylic acids is 1. The van der Waals surface area contributed by atoms with Gasteiger partial charge in [0, 0.05) is 18.4 Å². The molecular weight excluding hydrogens is 396 g/mol. The first kappa shape index (κ1) is 24.0. The Labute approximate surface area is 182 Å². The van der Waals surface area contributed by atoms with Crippen molar-refractivity contribution in [2.75, 3.05) is 7.11 Å². The standard InChI is InChI=1S/C23H30N4O4/c1-23(2,3)14-20(28)27(31-4)19(22(29)30)13-17-11-8-12-18(25-15-26-24)21(17)16-9-6-5-7-10-16/h5-12,15,19H,13-14,24H2,1-4H3,(H,25,26)(H,29,30). The van der Waals surface area contributed by atoms with Gasteiger partial charge in [-0.3, -0.25) is 9.63 Å².